The van der Waals surface area contributed by atoms with E-state index < -0.39 is 0 Å². The first-order chi connectivity index (χ1) is 12.2. The molecule has 25 heavy (non-hydrogen) atoms. The Labute approximate surface area is 153 Å². The second-order valence-electron chi connectivity index (χ2n) is 5.92. The topological polar surface area (TPSA) is 57.8 Å². The largest absolute Gasteiger partial charge is 0.342 e. The molecule has 124 valence electrons. The summed E-state index contributed by atoms with van der Waals surface area (Å²) in [6, 6.07) is 19.8. The minimum atomic E-state index is -0.0187. The molecule has 4 rings (SSSR count). The molecule has 0 aliphatic carbocycles. The molecular weight excluding hydrogens is 378 g/mol. The molecule has 2 N–H and O–H groups in total. The molecule has 0 unspecified atom stereocenters. The van der Waals surface area contributed by atoms with Crippen LogP contribution < -0.4 is 5.32 Å². The normalized spacial score (nSPS) is 11.1. The predicted molar refractivity (Wildman–Crippen MR) is 105 cm³/mol. The molecule has 0 saturated heterocycles. The average Bonchev–Trinajstić information content (AvgIpc) is 3.03. The number of imidazole rings is 1. The first kappa shape index (κ1) is 15.8. The Hall–Kier alpha value is -2.66. The third-order valence-electron chi connectivity index (χ3n) is 4.14. The van der Waals surface area contributed by atoms with Crippen molar-refractivity contribution in [3.63, 3.8) is 0 Å². The molecule has 0 fully saturated rings. The van der Waals surface area contributed by atoms with E-state index in [9.17, 15) is 4.79 Å². The summed E-state index contributed by atoms with van der Waals surface area (Å²) in [4.78, 5) is 20.0. The zero-order valence-electron chi connectivity index (χ0n) is 13.4. The van der Waals surface area contributed by atoms with E-state index in [4.69, 9.17) is 0 Å². The molecule has 5 heteroatoms. The van der Waals surface area contributed by atoms with Gasteiger partial charge in [0.05, 0.1) is 11.0 Å². The van der Waals surface area contributed by atoms with Gasteiger partial charge in [-0.2, -0.15) is 0 Å². The van der Waals surface area contributed by atoms with Gasteiger partial charge in [-0.25, -0.2) is 4.98 Å². The fraction of sp³-hybridized carbons (Fsp3) is 0.100. The zero-order valence-corrected chi connectivity index (χ0v) is 15.0. The van der Waals surface area contributed by atoms with Crippen molar-refractivity contribution < 1.29 is 4.79 Å². The van der Waals surface area contributed by atoms with Crippen molar-refractivity contribution in [3.8, 4) is 0 Å². The van der Waals surface area contributed by atoms with Gasteiger partial charge in [0.2, 0.25) is 5.91 Å². The third kappa shape index (κ3) is 3.42. The first-order valence-corrected chi connectivity index (χ1v) is 8.90. The number of nitrogens with zero attached hydrogens (tertiary/aromatic N) is 1. The molecule has 0 aliphatic rings. The smallest absolute Gasteiger partial charge is 0.224 e. The van der Waals surface area contributed by atoms with Crippen molar-refractivity contribution in [2.24, 2.45) is 0 Å². The predicted octanol–water partition coefficient (Wildman–Crippen LogP) is 5.05. The number of hydrogen-bond donors (Lipinski definition) is 2. The number of rotatable bonds is 4. The Morgan fingerprint density at radius 2 is 1.96 bits per heavy atom. The van der Waals surface area contributed by atoms with Crippen LogP contribution in [0.25, 0.3) is 21.8 Å². The molecule has 3 aromatic carbocycles. The standard InChI is InChI=1S/C20H16BrN3O/c21-16-5-3-4-13-12-14(8-9-15(13)16)22-20(25)11-10-19-23-17-6-1-2-7-18(17)24-19/h1-9,12H,10-11H2,(H,22,25)(H,23,24). The highest BCUT2D eigenvalue weighted by molar-refractivity contribution is 9.10. The molecule has 1 aromatic heterocycles. The molecule has 1 heterocycles. The summed E-state index contributed by atoms with van der Waals surface area (Å²) in [6.45, 7) is 0. The van der Waals surface area contributed by atoms with Crippen LogP contribution in [0.1, 0.15) is 12.2 Å². The Morgan fingerprint density at radius 3 is 2.84 bits per heavy atom. The lowest BCUT2D eigenvalue weighted by atomic mass is 10.1. The SMILES string of the molecule is O=C(CCc1nc2ccccc2[nH]1)Nc1ccc2c(Br)cccc2c1. The Bertz CT molecular complexity index is 1040. The maximum absolute atomic E-state index is 12.2. The van der Waals surface area contributed by atoms with Crippen molar-refractivity contribution in [3.05, 3.63) is 71.0 Å². The van der Waals surface area contributed by atoms with Crippen LogP contribution in [-0.4, -0.2) is 15.9 Å². The van der Waals surface area contributed by atoms with E-state index in [0.717, 1.165) is 37.8 Å². The van der Waals surface area contributed by atoms with Crippen LogP contribution >= 0.6 is 15.9 Å². The number of para-hydroxylation sites is 2. The molecule has 1 amide bonds. The lowest BCUT2D eigenvalue weighted by molar-refractivity contribution is -0.116. The van der Waals surface area contributed by atoms with E-state index in [0.29, 0.717) is 12.8 Å². The highest BCUT2D eigenvalue weighted by Gasteiger charge is 2.07. The molecule has 0 atom stereocenters. The summed E-state index contributed by atoms with van der Waals surface area (Å²) in [7, 11) is 0. The number of fused-ring (bicyclic) bond motifs is 2. The second kappa shape index (κ2) is 6.69. The third-order valence-corrected chi connectivity index (χ3v) is 4.83. The lowest BCUT2D eigenvalue weighted by Crippen LogP contribution is -2.12. The van der Waals surface area contributed by atoms with Crippen molar-refractivity contribution in [1.82, 2.24) is 9.97 Å². The van der Waals surface area contributed by atoms with E-state index >= 15 is 0 Å². The van der Waals surface area contributed by atoms with Gasteiger partial charge in [-0.1, -0.05) is 46.3 Å². The summed E-state index contributed by atoms with van der Waals surface area (Å²) >= 11 is 3.54. The van der Waals surface area contributed by atoms with E-state index in [2.05, 4.69) is 31.2 Å². The summed E-state index contributed by atoms with van der Waals surface area (Å²) in [5.41, 5.74) is 2.73. The number of hydrogen-bond acceptors (Lipinski definition) is 2. The first-order valence-electron chi connectivity index (χ1n) is 8.11. The second-order valence-corrected chi connectivity index (χ2v) is 6.78. The van der Waals surface area contributed by atoms with Gasteiger partial charge in [-0.15, -0.1) is 0 Å². The van der Waals surface area contributed by atoms with E-state index in [1.807, 2.05) is 60.7 Å². The van der Waals surface area contributed by atoms with Crippen LogP contribution in [0.4, 0.5) is 5.69 Å². The molecular formula is C20H16BrN3O. The number of aryl methyl sites for hydroxylation is 1. The molecule has 0 bridgehead atoms. The number of carbonyl (C=O) groups is 1. The van der Waals surface area contributed by atoms with Gasteiger partial charge >= 0.3 is 0 Å². The lowest BCUT2D eigenvalue weighted by Gasteiger charge is -2.07. The van der Waals surface area contributed by atoms with E-state index in [-0.39, 0.29) is 5.91 Å². The number of amides is 1. The molecule has 0 aliphatic heterocycles. The maximum Gasteiger partial charge on any atom is 0.224 e. The maximum atomic E-state index is 12.2. The molecule has 0 radical (unpaired) electrons. The summed E-state index contributed by atoms with van der Waals surface area (Å²) in [5, 5.41) is 5.18. The van der Waals surface area contributed by atoms with Gasteiger partial charge in [0.15, 0.2) is 0 Å². The van der Waals surface area contributed by atoms with Gasteiger partial charge in [0, 0.05) is 23.0 Å². The number of H-pyrrole nitrogens is 1. The number of aromatic nitrogens is 2. The summed E-state index contributed by atoms with van der Waals surface area (Å²) < 4.78 is 1.05. The Kier molecular flexibility index (Phi) is 4.24. The molecule has 4 nitrogen and oxygen atoms in total. The monoisotopic (exact) mass is 393 g/mol. The number of nitrogens with one attached hydrogen (secondary N) is 2. The highest BCUT2D eigenvalue weighted by atomic mass is 79.9. The van der Waals surface area contributed by atoms with Gasteiger partial charge in [0.25, 0.3) is 0 Å². The van der Waals surface area contributed by atoms with E-state index in [1.54, 1.807) is 0 Å². The average molecular weight is 394 g/mol. The fourth-order valence-electron chi connectivity index (χ4n) is 2.90. The van der Waals surface area contributed by atoms with E-state index in [1.165, 1.54) is 0 Å². The van der Waals surface area contributed by atoms with Crippen molar-refractivity contribution in [1.29, 1.82) is 0 Å². The summed E-state index contributed by atoms with van der Waals surface area (Å²) in [6.07, 6.45) is 0.968. The van der Waals surface area contributed by atoms with Gasteiger partial charge < -0.3 is 10.3 Å². The van der Waals surface area contributed by atoms with Crippen LogP contribution in [0.5, 0.6) is 0 Å². The minimum absolute atomic E-state index is 0.0187. The quantitative estimate of drug-likeness (QED) is 0.509. The van der Waals surface area contributed by atoms with Gasteiger partial charge in [0.1, 0.15) is 5.82 Å². The van der Waals surface area contributed by atoms with Crippen LogP contribution in [0.15, 0.2) is 65.1 Å². The zero-order chi connectivity index (χ0) is 17.2. The van der Waals surface area contributed by atoms with Crippen LogP contribution in [0, 0.1) is 0 Å². The van der Waals surface area contributed by atoms with Crippen molar-refractivity contribution in [2.75, 3.05) is 5.32 Å². The van der Waals surface area contributed by atoms with Crippen LogP contribution in [-0.2, 0) is 11.2 Å². The Morgan fingerprint density at radius 1 is 1.08 bits per heavy atom. The number of carbonyl (C=O) groups excluding carboxylic acids is 1. The van der Waals surface area contributed by atoms with Gasteiger partial charge in [-0.3, -0.25) is 4.79 Å². The number of benzene rings is 3. The molecule has 0 spiro atoms. The highest BCUT2D eigenvalue weighted by Crippen LogP contribution is 2.26. The van der Waals surface area contributed by atoms with Crippen LogP contribution in [0.3, 0.4) is 0 Å². The fourth-order valence-corrected chi connectivity index (χ4v) is 3.42. The minimum Gasteiger partial charge on any atom is -0.342 e. The van der Waals surface area contributed by atoms with Crippen molar-refractivity contribution in [2.45, 2.75) is 12.8 Å². The van der Waals surface area contributed by atoms with Crippen LogP contribution in [0.2, 0.25) is 0 Å². The number of halogens is 1. The molecule has 4 aromatic rings. The molecule has 0 saturated carbocycles. The van der Waals surface area contributed by atoms with Gasteiger partial charge in [-0.05, 0) is 41.1 Å². The summed E-state index contributed by atoms with van der Waals surface area (Å²) in [5.74, 6) is 0.814. The Balaban J connectivity index is 1.43. The van der Waals surface area contributed by atoms with Crippen molar-refractivity contribution >= 4 is 49.3 Å². The number of aromatic amines is 1. The number of anilines is 1.